The molecule has 0 heterocycles. The zero-order valence-electron chi connectivity index (χ0n) is 12.2. The van der Waals surface area contributed by atoms with E-state index in [-0.39, 0.29) is 23.8 Å². The summed E-state index contributed by atoms with van der Waals surface area (Å²) in [5.41, 5.74) is 1.79. The molecular formula is C17H16N2O3. The zero-order chi connectivity index (χ0) is 16.1. The van der Waals surface area contributed by atoms with Gasteiger partial charge in [0.05, 0.1) is 11.5 Å². The summed E-state index contributed by atoms with van der Waals surface area (Å²) >= 11 is 0. The number of nitrogens with zero attached hydrogens (tertiary/aromatic N) is 2. The average Bonchev–Trinajstić information content (AvgIpc) is 2.53. The van der Waals surface area contributed by atoms with E-state index >= 15 is 0 Å². The highest BCUT2D eigenvalue weighted by molar-refractivity contribution is 5.96. The number of hydrogen-bond donors (Lipinski definition) is 0. The number of amides is 1. The van der Waals surface area contributed by atoms with Crippen LogP contribution in [-0.2, 0) is 4.79 Å². The first kappa shape index (κ1) is 15.4. The Labute approximate surface area is 128 Å². The number of nitro groups is 1. The van der Waals surface area contributed by atoms with Gasteiger partial charge < -0.3 is 4.90 Å². The molecule has 0 atom stereocenters. The fourth-order valence-corrected chi connectivity index (χ4v) is 2.17. The van der Waals surface area contributed by atoms with Gasteiger partial charge in [-0.1, -0.05) is 49.0 Å². The monoisotopic (exact) mass is 296 g/mol. The van der Waals surface area contributed by atoms with Crippen LogP contribution in [0.5, 0.6) is 0 Å². The van der Waals surface area contributed by atoms with Crippen LogP contribution in [0.1, 0.15) is 12.5 Å². The molecule has 0 radical (unpaired) electrons. The normalized spacial score (nSPS) is 10.0. The van der Waals surface area contributed by atoms with Crippen LogP contribution in [-0.4, -0.2) is 17.4 Å². The Bertz CT molecular complexity index is 711. The van der Waals surface area contributed by atoms with Crippen LogP contribution < -0.4 is 4.90 Å². The van der Waals surface area contributed by atoms with Crippen LogP contribution in [0.4, 0.5) is 11.4 Å². The Kier molecular flexibility index (Phi) is 4.68. The van der Waals surface area contributed by atoms with E-state index in [1.807, 2.05) is 30.3 Å². The Hall–Kier alpha value is -2.95. The van der Waals surface area contributed by atoms with Crippen molar-refractivity contribution in [2.45, 2.75) is 6.92 Å². The number of rotatable bonds is 5. The minimum absolute atomic E-state index is 0.0986. The summed E-state index contributed by atoms with van der Waals surface area (Å²) < 4.78 is 0. The highest BCUT2D eigenvalue weighted by Gasteiger charge is 2.22. The predicted molar refractivity (Wildman–Crippen MR) is 86.6 cm³/mol. The summed E-state index contributed by atoms with van der Waals surface area (Å²) in [4.78, 5) is 24.0. The molecule has 2 aromatic carbocycles. The van der Waals surface area contributed by atoms with Crippen molar-refractivity contribution in [1.29, 1.82) is 0 Å². The van der Waals surface area contributed by atoms with Crippen LogP contribution in [0.2, 0.25) is 0 Å². The molecular weight excluding hydrogens is 280 g/mol. The van der Waals surface area contributed by atoms with Crippen molar-refractivity contribution in [2.24, 2.45) is 0 Å². The fraction of sp³-hybridized carbons (Fsp3) is 0.118. The maximum absolute atomic E-state index is 11.9. The Morgan fingerprint density at radius 2 is 1.73 bits per heavy atom. The molecule has 112 valence electrons. The van der Waals surface area contributed by atoms with Crippen LogP contribution >= 0.6 is 0 Å². The van der Waals surface area contributed by atoms with Crippen molar-refractivity contribution in [3.05, 3.63) is 76.9 Å². The van der Waals surface area contributed by atoms with E-state index in [0.29, 0.717) is 5.57 Å². The molecule has 0 aliphatic heterocycles. The molecule has 0 saturated carbocycles. The van der Waals surface area contributed by atoms with E-state index in [1.165, 1.54) is 17.9 Å². The molecule has 0 saturated heterocycles. The first-order chi connectivity index (χ1) is 10.5. The van der Waals surface area contributed by atoms with Gasteiger partial charge in [0.25, 0.3) is 5.69 Å². The first-order valence-corrected chi connectivity index (χ1v) is 6.75. The highest BCUT2D eigenvalue weighted by Crippen LogP contribution is 2.29. The van der Waals surface area contributed by atoms with E-state index in [0.717, 1.165) is 5.56 Å². The molecule has 22 heavy (non-hydrogen) atoms. The zero-order valence-corrected chi connectivity index (χ0v) is 12.2. The van der Waals surface area contributed by atoms with E-state index in [4.69, 9.17) is 0 Å². The summed E-state index contributed by atoms with van der Waals surface area (Å²) in [5.74, 6) is -0.272. The first-order valence-electron chi connectivity index (χ1n) is 6.75. The van der Waals surface area contributed by atoms with Gasteiger partial charge in [0.15, 0.2) is 0 Å². The van der Waals surface area contributed by atoms with Gasteiger partial charge in [-0.3, -0.25) is 14.9 Å². The minimum Gasteiger partial charge on any atom is -0.302 e. The van der Waals surface area contributed by atoms with Gasteiger partial charge in [0.2, 0.25) is 5.91 Å². The number of benzene rings is 2. The van der Waals surface area contributed by atoms with Crippen molar-refractivity contribution >= 4 is 22.9 Å². The third kappa shape index (κ3) is 3.38. The summed E-state index contributed by atoms with van der Waals surface area (Å²) in [6.07, 6.45) is 0. The van der Waals surface area contributed by atoms with Crippen LogP contribution in [0.15, 0.2) is 61.2 Å². The molecule has 5 heteroatoms. The molecule has 0 N–H and O–H groups in total. The van der Waals surface area contributed by atoms with Gasteiger partial charge >= 0.3 is 0 Å². The lowest BCUT2D eigenvalue weighted by atomic mass is 10.1. The van der Waals surface area contributed by atoms with Gasteiger partial charge in [0.1, 0.15) is 5.69 Å². The summed E-state index contributed by atoms with van der Waals surface area (Å²) in [6, 6.07) is 15.6. The molecule has 0 aliphatic rings. The maximum Gasteiger partial charge on any atom is 0.292 e. The smallest absolute Gasteiger partial charge is 0.292 e. The van der Waals surface area contributed by atoms with Crippen molar-refractivity contribution in [3.8, 4) is 0 Å². The lowest BCUT2D eigenvalue weighted by Gasteiger charge is -2.22. The minimum atomic E-state index is -0.490. The number of para-hydroxylation sites is 2. The third-order valence-corrected chi connectivity index (χ3v) is 3.28. The van der Waals surface area contributed by atoms with Gasteiger partial charge in [-0.25, -0.2) is 0 Å². The quantitative estimate of drug-likeness (QED) is 0.624. The lowest BCUT2D eigenvalue weighted by Crippen LogP contribution is -2.30. The molecule has 0 aliphatic carbocycles. The van der Waals surface area contributed by atoms with Crippen molar-refractivity contribution in [1.82, 2.24) is 0 Å². The van der Waals surface area contributed by atoms with Gasteiger partial charge in [-0.15, -0.1) is 0 Å². The molecule has 0 aromatic heterocycles. The second-order valence-corrected chi connectivity index (χ2v) is 4.82. The second-order valence-electron chi connectivity index (χ2n) is 4.82. The van der Waals surface area contributed by atoms with Gasteiger partial charge in [-0.2, -0.15) is 0 Å². The highest BCUT2D eigenvalue weighted by atomic mass is 16.6. The standard InChI is InChI=1S/C17H16N2O3/c1-13(15-8-4-3-5-9-15)12-18(14(2)20)16-10-6-7-11-17(16)19(21)22/h3-11H,1,12H2,2H3. The van der Waals surface area contributed by atoms with Crippen LogP contribution in [0.3, 0.4) is 0 Å². The molecule has 0 bridgehead atoms. The molecule has 2 aromatic rings. The number of carbonyl (C=O) groups is 1. The van der Waals surface area contributed by atoms with Gasteiger partial charge in [-0.05, 0) is 17.2 Å². The molecule has 2 rings (SSSR count). The van der Waals surface area contributed by atoms with Crippen LogP contribution in [0, 0.1) is 10.1 Å². The van der Waals surface area contributed by atoms with Crippen molar-refractivity contribution in [2.75, 3.05) is 11.4 Å². The van der Waals surface area contributed by atoms with Gasteiger partial charge in [0, 0.05) is 13.0 Å². The van der Waals surface area contributed by atoms with E-state index < -0.39 is 4.92 Å². The van der Waals surface area contributed by atoms with E-state index in [2.05, 4.69) is 6.58 Å². The second kappa shape index (κ2) is 6.67. The number of hydrogen-bond acceptors (Lipinski definition) is 3. The topological polar surface area (TPSA) is 63.5 Å². The third-order valence-electron chi connectivity index (χ3n) is 3.28. The van der Waals surface area contributed by atoms with E-state index in [1.54, 1.807) is 18.2 Å². The number of anilines is 1. The molecule has 0 spiro atoms. The summed E-state index contributed by atoms with van der Waals surface area (Å²) in [7, 11) is 0. The lowest BCUT2D eigenvalue weighted by molar-refractivity contribution is -0.384. The average molecular weight is 296 g/mol. The Balaban J connectivity index is 2.34. The SMILES string of the molecule is C=C(CN(C(C)=O)c1ccccc1[N+](=O)[O-])c1ccccc1. The van der Waals surface area contributed by atoms with Crippen molar-refractivity contribution < 1.29 is 9.72 Å². The fourth-order valence-electron chi connectivity index (χ4n) is 2.17. The molecule has 0 unspecified atom stereocenters. The number of carbonyl (C=O) groups excluding carboxylic acids is 1. The van der Waals surface area contributed by atoms with Crippen molar-refractivity contribution in [3.63, 3.8) is 0 Å². The number of nitro benzene ring substituents is 1. The van der Waals surface area contributed by atoms with Crippen LogP contribution in [0.25, 0.3) is 5.57 Å². The summed E-state index contributed by atoms with van der Waals surface area (Å²) in [6.45, 7) is 5.57. The Morgan fingerprint density at radius 1 is 1.14 bits per heavy atom. The largest absolute Gasteiger partial charge is 0.302 e. The molecule has 1 amide bonds. The Morgan fingerprint density at radius 3 is 2.32 bits per heavy atom. The maximum atomic E-state index is 11.9. The molecule has 0 fully saturated rings. The van der Waals surface area contributed by atoms with E-state index in [9.17, 15) is 14.9 Å². The summed E-state index contributed by atoms with van der Waals surface area (Å²) in [5, 5.41) is 11.1. The molecule has 5 nitrogen and oxygen atoms in total. The predicted octanol–water partition coefficient (Wildman–Crippen LogP) is 3.66.